The van der Waals surface area contributed by atoms with Crippen LogP contribution in [0.25, 0.3) is 0 Å². The van der Waals surface area contributed by atoms with E-state index in [1.165, 1.54) is 6.26 Å². The highest BCUT2D eigenvalue weighted by Crippen LogP contribution is 2.00. The molecule has 0 saturated heterocycles. The topological polar surface area (TPSA) is 33.0 Å². The Labute approximate surface area is 53.4 Å². The predicted molar refractivity (Wildman–Crippen MR) is 33.1 cm³/mol. The maximum Gasteiger partial charge on any atom is 0.203 e. The fourth-order valence-corrected chi connectivity index (χ4v) is 0.468. The molecular weight excluding hydrogens is 114 g/mol. The standard InChI is InChI=1S/C7H5NO/c8-6-7-4-2-1-3-5-9-7/h1-5H. The Hall–Kier alpha value is -1.49. The van der Waals surface area contributed by atoms with Crippen LogP contribution in [0.2, 0.25) is 0 Å². The van der Waals surface area contributed by atoms with Crippen molar-refractivity contribution in [2.45, 2.75) is 0 Å². The van der Waals surface area contributed by atoms with Gasteiger partial charge in [0.1, 0.15) is 6.07 Å². The van der Waals surface area contributed by atoms with E-state index in [2.05, 4.69) is 0 Å². The van der Waals surface area contributed by atoms with Crippen LogP contribution < -0.4 is 0 Å². The summed E-state index contributed by atoms with van der Waals surface area (Å²) in [5.41, 5.74) is 0. The lowest BCUT2D eigenvalue weighted by atomic mass is 10.4. The van der Waals surface area contributed by atoms with Crippen molar-refractivity contribution in [3.8, 4) is 6.07 Å². The minimum Gasteiger partial charge on any atom is -0.454 e. The first-order valence-electron chi connectivity index (χ1n) is 2.54. The van der Waals surface area contributed by atoms with Gasteiger partial charge in [-0.3, -0.25) is 0 Å². The molecule has 0 aromatic carbocycles. The Morgan fingerprint density at radius 3 is 3.00 bits per heavy atom. The van der Waals surface area contributed by atoms with Gasteiger partial charge in [0.15, 0.2) is 0 Å². The van der Waals surface area contributed by atoms with Gasteiger partial charge in [0.2, 0.25) is 5.76 Å². The van der Waals surface area contributed by atoms with E-state index in [0.29, 0.717) is 5.76 Å². The molecule has 0 unspecified atom stereocenters. The van der Waals surface area contributed by atoms with Crippen LogP contribution in [-0.2, 0) is 4.74 Å². The number of rotatable bonds is 0. The molecule has 1 heterocycles. The first-order chi connectivity index (χ1) is 4.43. The van der Waals surface area contributed by atoms with Gasteiger partial charge in [0, 0.05) is 0 Å². The molecule has 1 aliphatic heterocycles. The van der Waals surface area contributed by atoms with E-state index in [-0.39, 0.29) is 0 Å². The van der Waals surface area contributed by atoms with E-state index in [1.807, 2.05) is 6.07 Å². The van der Waals surface area contributed by atoms with Gasteiger partial charge in [0.25, 0.3) is 0 Å². The van der Waals surface area contributed by atoms with E-state index < -0.39 is 0 Å². The lowest BCUT2D eigenvalue weighted by Gasteiger charge is -1.89. The maximum absolute atomic E-state index is 8.30. The van der Waals surface area contributed by atoms with Crippen LogP contribution in [0.4, 0.5) is 0 Å². The molecule has 1 rings (SSSR count). The average molecular weight is 119 g/mol. The van der Waals surface area contributed by atoms with Crippen LogP contribution in [0, 0.1) is 11.3 Å². The molecule has 0 atom stereocenters. The quantitative estimate of drug-likeness (QED) is 0.484. The molecule has 0 aliphatic carbocycles. The van der Waals surface area contributed by atoms with Crippen LogP contribution in [0.5, 0.6) is 0 Å². The number of nitrogens with zero attached hydrogens (tertiary/aromatic N) is 1. The Balaban J connectivity index is 2.77. The summed E-state index contributed by atoms with van der Waals surface area (Å²) in [5, 5.41) is 8.30. The number of hydrogen-bond donors (Lipinski definition) is 0. The largest absolute Gasteiger partial charge is 0.454 e. The predicted octanol–water partition coefficient (Wildman–Crippen LogP) is 1.49. The minimum atomic E-state index is 0.319. The normalized spacial score (nSPS) is 15.2. The first kappa shape index (κ1) is 5.64. The molecule has 2 nitrogen and oxygen atoms in total. The summed E-state index contributed by atoms with van der Waals surface area (Å²) in [6, 6.07) is 1.88. The third-order valence-corrected chi connectivity index (χ3v) is 0.854. The number of nitriles is 1. The second-order valence-corrected chi connectivity index (χ2v) is 1.47. The van der Waals surface area contributed by atoms with Crippen LogP contribution in [0.15, 0.2) is 36.3 Å². The molecule has 0 amide bonds. The molecule has 1 aliphatic rings. The number of hydrogen-bond acceptors (Lipinski definition) is 2. The van der Waals surface area contributed by atoms with Gasteiger partial charge in [-0.2, -0.15) is 5.26 Å². The lowest BCUT2D eigenvalue weighted by molar-refractivity contribution is 0.373. The van der Waals surface area contributed by atoms with Crippen molar-refractivity contribution >= 4 is 0 Å². The molecule has 9 heavy (non-hydrogen) atoms. The number of ether oxygens (including phenoxy) is 1. The second kappa shape index (κ2) is 2.73. The van der Waals surface area contributed by atoms with Crippen LogP contribution in [0.3, 0.4) is 0 Å². The highest BCUT2D eigenvalue weighted by atomic mass is 16.5. The van der Waals surface area contributed by atoms with Gasteiger partial charge in [-0.15, -0.1) is 0 Å². The third kappa shape index (κ3) is 1.46. The van der Waals surface area contributed by atoms with Crippen molar-refractivity contribution in [2.75, 3.05) is 0 Å². The van der Waals surface area contributed by atoms with E-state index in [0.717, 1.165) is 0 Å². The molecule has 0 fully saturated rings. The van der Waals surface area contributed by atoms with Crippen molar-refractivity contribution in [1.29, 1.82) is 5.26 Å². The molecule has 0 radical (unpaired) electrons. The summed E-state index contributed by atoms with van der Waals surface area (Å²) in [5.74, 6) is 0.319. The molecule has 0 N–H and O–H groups in total. The first-order valence-corrected chi connectivity index (χ1v) is 2.54. The smallest absolute Gasteiger partial charge is 0.203 e. The molecule has 0 saturated carbocycles. The fraction of sp³-hybridized carbons (Fsp3) is 0. The van der Waals surface area contributed by atoms with Crippen LogP contribution in [0.1, 0.15) is 0 Å². The van der Waals surface area contributed by atoms with E-state index in [1.54, 1.807) is 24.3 Å². The average Bonchev–Trinajstić information content (AvgIpc) is 2.13. The summed E-state index contributed by atoms with van der Waals surface area (Å²) in [4.78, 5) is 0. The highest BCUT2D eigenvalue weighted by molar-refractivity contribution is 5.24. The van der Waals surface area contributed by atoms with Crippen molar-refractivity contribution in [1.82, 2.24) is 0 Å². The Bertz CT molecular complexity index is 218. The van der Waals surface area contributed by atoms with E-state index in [9.17, 15) is 0 Å². The maximum atomic E-state index is 8.30. The Morgan fingerprint density at radius 2 is 2.22 bits per heavy atom. The lowest BCUT2D eigenvalue weighted by Crippen LogP contribution is -1.76. The molecule has 2 heteroatoms. The van der Waals surface area contributed by atoms with Gasteiger partial charge in [-0.25, -0.2) is 0 Å². The van der Waals surface area contributed by atoms with Crippen LogP contribution in [-0.4, -0.2) is 0 Å². The molecule has 0 bridgehead atoms. The molecule has 0 aromatic rings. The third-order valence-electron chi connectivity index (χ3n) is 0.854. The molecule has 0 aromatic heterocycles. The summed E-state index contributed by atoms with van der Waals surface area (Å²) in [6.07, 6.45) is 8.35. The Morgan fingerprint density at radius 1 is 1.33 bits per heavy atom. The van der Waals surface area contributed by atoms with Gasteiger partial charge >= 0.3 is 0 Å². The summed E-state index contributed by atoms with van der Waals surface area (Å²) in [7, 11) is 0. The van der Waals surface area contributed by atoms with Gasteiger partial charge in [-0.05, 0) is 12.2 Å². The van der Waals surface area contributed by atoms with Gasteiger partial charge in [0.05, 0.1) is 6.26 Å². The summed E-state index contributed by atoms with van der Waals surface area (Å²) >= 11 is 0. The van der Waals surface area contributed by atoms with E-state index in [4.69, 9.17) is 10.00 Å². The zero-order valence-electron chi connectivity index (χ0n) is 4.74. The Kier molecular flexibility index (Phi) is 1.71. The zero-order valence-corrected chi connectivity index (χ0v) is 4.74. The van der Waals surface area contributed by atoms with Crippen molar-refractivity contribution < 1.29 is 4.74 Å². The van der Waals surface area contributed by atoms with Gasteiger partial charge in [-0.1, -0.05) is 12.2 Å². The number of allylic oxidation sites excluding steroid dienone is 5. The summed E-state index contributed by atoms with van der Waals surface area (Å²) < 4.78 is 4.81. The monoisotopic (exact) mass is 119 g/mol. The second-order valence-electron chi connectivity index (χ2n) is 1.47. The minimum absolute atomic E-state index is 0.319. The zero-order chi connectivity index (χ0) is 6.53. The molecular formula is C7H5NO. The van der Waals surface area contributed by atoms with Crippen molar-refractivity contribution in [3.05, 3.63) is 36.3 Å². The van der Waals surface area contributed by atoms with Crippen molar-refractivity contribution in [3.63, 3.8) is 0 Å². The van der Waals surface area contributed by atoms with Gasteiger partial charge < -0.3 is 4.74 Å². The molecule has 44 valence electrons. The van der Waals surface area contributed by atoms with E-state index >= 15 is 0 Å². The summed E-state index contributed by atoms with van der Waals surface area (Å²) in [6.45, 7) is 0. The highest BCUT2D eigenvalue weighted by Gasteiger charge is 1.90. The van der Waals surface area contributed by atoms with Crippen molar-refractivity contribution in [2.24, 2.45) is 0 Å². The SMILES string of the molecule is N#CC1=CC=CC=CO1. The fourth-order valence-electron chi connectivity index (χ4n) is 0.468. The van der Waals surface area contributed by atoms with Crippen LogP contribution >= 0.6 is 0 Å². The molecule has 0 spiro atoms.